The minimum absolute atomic E-state index is 0.0122. The highest BCUT2D eigenvalue weighted by atomic mass is 19.1. The third kappa shape index (κ3) is 3.38. The average molecular weight is 344 g/mol. The number of carbonyl (C=O) groups excluding carboxylic acids is 2. The Bertz CT molecular complexity index is 803. The van der Waals surface area contributed by atoms with Crippen LogP contribution in [0.15, 0.2) is 42.5 Å². The molecule has 2 amide bonds. The van der Waals surface area contributed by atoms with Gasteiger partial charge in [-0.1, -0.05) is 24.3 Å². The molecule has 0 fully saturated rings. The number of nitrogens with zero attached hydrogens (tertiary/aromatic N) is 2. The van der Waals surface area contributed by atoms with Gasteiger partial charge < -0.3 is 9.80 Å². The molecule has 1 aliphatic heterocycles. The van der Waals surface area contributed by atoms with Crippen molar-refractivity contribution in [1.29, 1.82) is 0 Å². The summed E-state index contributed by atoms with van der Waals surface area (Å²) in [6.07, 6.45) is 0.766. The lowest BCUT2D eigenvalue weighted by Gasteiger charge is -2.24. The highest BCUT2D eigenvalue weighted by molar-refractivity contribution is 5.97. The maximum Gasteiger partial charge on any atom is 0.228 e. The molecule has 0 aliphatic carbocycles. The number of halogens is 2. The lowest BCUT2D eigenvalue weighted by Crippen LogP contribution is -2.36. The third-order valence-corrected chi connectivity index (χ3v) is 4.33. The summed E-state index contributed by atoms with van der Waals surface area (Å²) in [5.41, 5.74) is 1.54. The first-order chi connectivity index (χ1) is 12.0. The minimum atomic E-state index is -0.825. The predicted octanol–water partition coefficient (Wildman–Crippen LogP) is 3.30. The van der Waals surface area contributed by atoms with Gasteiger partial charge in [-0.25, -0.2) is 8.78 Å². The minimum Gasteiger partial charge on any atom is -0.312 e. The lowest BCUT2D eigenvalue weighted by atomic mass is 10.2. The summed E-state index contributed by atoms with van der Waals surface area (Å²) in [7, 11) is 0. The first-order valence-corrected chi connectivity index (χ1v) is 8.09. The molecule has 0 radical (unpaired) electrons. The van der Waals surface area contributed by atoms with E-state index < -0.39 is 23.2 Å². The van der Waals surface area contributed by atoms with Crippen molar-refractivity contribution in [2.24, 2.45) is 0 Å². The van der Waals surface area contributed by atoms with Crippen LogP contribution in [-0.2, 0) is 16.0 Å². The highest BCUT2D eigenvalue weighted by Crippen LogP contribution is 2.28. The maximum absolute atomic E-state index is 14.0. The number of hydrogen-bond donors (Lipinski definition) is 0. The van der Waals surface area contributed by atoms with Crippen LogP contribution >= 0.6 is 0 Å². The highest BCUT2D eigenvalue weighted by Gasteiger charge is 2.26. The lowest BCUT2D eigenvalue weighted by molar-refractivity contribution is -0.118. The SMILES string of the molecule is CC(=O)N(CCC(=O)N1CCc2ccccc21)c1c(F)cccc1F. The number of fused-ring (bicyclic) bond motifs is 1. The van der Waals surface area contributed by atoms with Gasteiger partial charge in [0.1, 0.15) is 17.3 Å². The van der Waals surface area contributed by atoms with Crippen molar-refractivity contribution < 1.29 is 18.4 Å². The summed E-state index contributed by atoms with van der Waals surface area (Å²) in [4.78, 5) is 27.0. The van der Waals surface area contributed by atoms with Crippen molar-refractivity contribution in [3.05, 3.63) is 59.7 Å². The number of benzene rings is 2. The zero-order valence-corrected chi connectivity index (χ0v) is 13.8. The fourth-order valence-corrected chi connectivity index (χ4v) is 3.11. The average Bonchev–Trinajstić information content (AvgIpc) is 3.01. The summed E-state index contributed by atoms with van der Waals surface area (Å²) in [6.45, 7) is 1.72. The predicted molar refractivity (Wildman–Crippen MR) is 91.5 cm³/mol. The molecule has 2 aromatic carbocycles. The number of carbonyl (C=O) groups is 2. The van der Waals surface area contributed by atoms with E-state index in [0.717, 1.165) is 34.7 Å². The zero-order valence-electron chi connectivity index (χ0n) is 13.8. The van der Waals surface area contributed by atoms with E-state index in [1.807, 2.05) is 24.3 Å². The van der Waals surface area contributed by atoms with E-state index in [4.69, 9.17) is 0 Å². The van der Waals surface area contributed by atoms with Crippen molar-refractivity contribution in [3.63, 3.8) is 0 Å². The van der Waals surface area contributed by atoms with E-state index in [1.54, 1.807) is 4.90 Å². The van der Waals surface area contributed by atoms with E-state index in [1.165, 1.54) is 13.0 Å². The molecule has 25 heavy (non-hydrogen) atoms. The fourth-order valence-electron chi connectivity index (χ4n) is 3.11. The Balaban J connectivity index is 1.75. The van der Waals surface area contributed by atoms with Crippen LogP contribution in [0, 0.1) is 11.6 Å². The van der Waals surface area contributed by atoms with Gasteiger partial charge in [-0.15, -0.1) is 0 Å². The first kappa shape index (κ1) is 17.1. The Morgan fingerprint density at radius 2 is 1.76 bits per heavy atom. The number of para-hydroxylation sites is 2. The van der Waals surface area contributed by atoms with E-state index in [-0.39, 0.29) is 18.9 Å². The molecule has 6 heteroatoms. The standard InChI is InChI=1S/C19H18F2N2O2/c1-13(24)22(19-15(20)6-4-7-16(19)21)12-10-18(25)23-11-9-14-5-2-3-8-17(14)23/h2-8H,9-12H2,1H3. The molecule has 0 atom stereocenters. The van der Waals surface area contributed by atoms with Crippen molar-refractivity contribution in [2.45, 2.75) is 19.8 Å². The third-order valence-electron chi connectivity index (χ3n) is 4.33. The molecule has 0 saturated heterocycles. The van der Waals surface area contributed by atoms with Crippen LogP contribution in [0.4, 0.5) is 20.2 Å². The van der Waals surface area contributed by atoms with Gasteiger partial charge in [0.25, 0.3) is 0 Å². The smallest absolute Gasteiger partial charge is 0.228 e. The fraction of sp³-hybridized carbons (Fsp3) is 0.263. The van der Waals surface area contributed by atoms with Crippen LogP contribution in [0.3, 0.4) is 0 Å². The van der Waals surface area contributed by atoms with Crippen LogP contribution in [-0.4, -0.2) is 24.9 Å². The van der Waals surface area contributed by atoms with Gasteiger partial charge in [0.2, 0.25) is 11.8 Å². The molecule has 130 valence electrons. The number of anilines is 2. The van der Waals surface area contributed by atoms with Crippen LogP contribution in [0.2, 0.25) is 0 Å². The number of amides is 2. The second-order valence-corrected chi connectivity index (χ2v) is 5.92. The van der Waals surface area contributed by atoms with E-state index in [9.17, 15) is 18.4 Å². The normalized spacial score (nSPS) is 12.8. The molecular formula is C19H18F2N2O2. The summed E-state index contributed by atoms with van der Waals surface area (Å²) < 4.78 is 27.9. The van der Waals surface area contributed by atoms with Crippen LogP contribution in [0.25, 0.3) is 0 Å². The second-order valence-electron chi connectivity index (χ2n) is 5.92. The van der Waals surface area contributed by atoms with Gasteiger partial charge in [-0.3, -0.25) is 9.59 Å². The molecule has 0 aromatic heterocycles. The van der Waals surface area contributed by atoms with E-state index in [0.29, 0.717) is 6.54 Å². The van der Waals surface area contributed by atoms with Gasteiger partial charge in [0, 0.05) is 32.1 Å². The molecular weight excluding hydrogens is 326 g/mol. The van der Waals surface area contributed by atoms with Gasteiger partial charge in [0.15, 0.2) is 0 Å². The molecule has 1 heterocycles. The van der Waals surface area contributed by atoms with Crippen molar-refractivity contribution >= 4 is 23.2 Å². The molecule has 1 aliphatic rings. The molecule has 2 aromatic rings. The summed E-state index contributed by atoms with van der Waals surface area (Å²) >= 11 is 0. The van der Waals surface area contributed by atoms with Gasteiger partial charge in [-0.05, 0) is 30.2 Å². The quantitative estimate of drug-likeness (QED) is 0.854. The summed E-state index contributed by atoms with van der Waals surface area (Å²) in [5, 5.41) is 0. The van der Waals surface area contributed by atoms with Crippen molar-refractivity contribution in [3.8, 4) is 0 Å². The Hall–Kier alpha value is -2.76. The number of rotatable bonds is 4. The largest absolute Gasteiger partial charge is 0.312 e. The molecule has 0 saturated carbocycles. The van der Waals surface area contributed by atoms with Crippen LogP contribution in [0.1, 0.15) is 18.9 Å². The molecule has 4 nitrogen and oxygen atoms in total. The molecule has 0 unspecified atom stereocenters. The number of hydrogen-bond acceptors (Lipinski definition) is 2. The molecule has 3 rings (SSSR count). The van der Waals surface area contributed by atoms with Crippen LogP contribution < -0.4 is 9.80 Å². The van der Waals surface area contributed by atoms with E-state index in [2.05, 4.69) is 0 Å². The van der Waals surface area contributed by atoms with E-state index >= 15 is 0 Å². The Kier molecular flexibility index (Phi) is 4.79. The Labute approximate surface area is 144 Å². The molecule has 0 bridgehead atoms. The monoisotopic (exact) mass is 344 g/mol. The summed E-state index contributed by atoms with van der Waals surface area (Å²) in [5.74, 6) is -2.34. The van der Waals surface area contributed by atoms with Crippen LogP contribution in [0.5, 0.6) is 0 Å². The Morgan fingerprint density at radius 1 is 1.08 bits per heavy atom. The molecule has 0 spiro atoms. The molecule has 0 N–H and O–H groups in total. The topological polar surface area (TPSA) is 40.6 Å². The first-order valence-electron chi connectivity index (χ1n) is 8.09. The van der Waals surface area contributed by atoms with Gasteiger partial charge >= 0.3 is 0 Å². The maximum atomic E-state index is 14.0. The zero-order chi connectivity index (χ0) is 18.0. The summed E-state index contributed by atoms with van der Waals surface area (Å²) in [6, 6.07) is 11.0. The second kappa shape index (κ2) is 7.01. The van der Waals surface area contributed by atoms with Crippen molar-refractivity contribution in [2.75, 3.05) is 22.9 Å². The van der Waals surface area contributed by atoms with Gasteiger partial charge in [-0.2, -0.15) is 0 Å². The Morgan fingerprint density at radius 3 is 2.44 bits per heavy atom. The van der Waals surface area contributed by atoms with Gasteiger partial charge in [0.05, 0.1) is 0 Å². The van der Waals surface area contributed by atoms with Crippen molar-refractivity contribution in [1.82, 2.24) is 0 Å².